The van der Waals surface area contributed by atoms with Crippen LogP contribution >= 0.6 is 27.7 Å². The molecule has 156 valence electrons. The highest BCUT2D eigenvalue weighted by Crippen LogP contribution is 2.49. The molecule has 4 nitrogen and oxygen atoms in total. The fourth-order valence-electron chi connectivity index (χ4n) is 4.25. The van der Waals surface area contributed by atoms with Crippen molar-refractivity contribution in [2.24, 2.45) is 16.3 Å². The van der Waals surface area contributed by atoms with Gasteiger partial charge >= 0.3 is 5.97 Å². The highest BCUT2D eigenvalue weighted by Gasteiger charge is 2.46. The van der Waals surface area contributed by atoms with Gasteiger partial charge in [0.15, 0.2) is 5.78 Å². The van der Waals surface area contributed by atoms with Crippen LogP contribution in [0.3, 0.4) is 0 Å². The van der Waals surface area contributed by atoms with Gasteiger partial charge in [0.25, 0.3) is 0 Å². The van der Waals surface area contributed by atoms with Crippen molar-refractivity contribution in [3.63, 3.8) is 0 Å². The van der Waals surface area contributed by atoms with Gasteiger partial charge in [-0.25, -0.2) is 0 Å². The third-order valence-electron chi connectivity index (χ3n) is 5.47. The number of carbonyl (C=O) groups excluding carboxylic acids is 2. The molecule has 1 aromatic rings. The summed E-state index contributed by atoms with van der Waals surface area (Å²) >= 11 is 5.37. The van der Waals surface area contributed by atoms with Crippen molar-refractivity contribution in [1.29, 1.82) is 0 Å². The monoisotopic (exact) mass is 477 g/mol. The van der Waals surface area contributed by atoms with Gasteiger partial charge in [-0.1, -0.05) is 54.9 Å². The van der Waals surface area contributed by atoms with E-state index < -0.39 is 5.92 Å². The van der Waals surface area contributed by atoms with Gasteiger partial charge in [0.1, 0.15) is 12.5 Å². The Morgan fingerprint density at radius 3 is 2.72 bits per heavy atom. The fourth-order valence-corrected chi connectivity index (χ4v) is 5.27. The number of ketones is 1. The lowest BCUT2D eigenvalue weighted by molar-refractivity contribution is -0.145. The summed E-state index contributed by atoms with van der Waals surface area (Å²) in [5.74, 6) is 0.603. The number of halogens is 1. The summed E-state index contributed by atoms with van der Waals surface area (Å²) in [5.41, 5.74) is 3.06. The third kappa shape index (κ3) is 4.85. The second-order valence-electron chi connectivity index (χ2n) is 8.40. The topological polar surface area (TPSA) is 55.7 Å². The lowest BCUT2D eigenvalue weighted by Crippen LogP contribution is -2.39. The molecule has 0 aromatic heterocycles. The number of nitrogens with zero attached hydrogens (tertiary/aromatic N) is 1. The van der Waals surface area contributed by atoms with Gasteiger partial charge < -0.3 is 4.74 Å². The Bertz CT molecular complexity index is 875. The summed E-state index contributed by atoms with van der Waals surface area (Å²) in [6.07, 6.45) is 1.21. The van der Waals surface area contributed by atoms with E-state index in [1.807, 2.05) is 31.2 Å². The predicted octanol–water partition coefficient (Wildman–Crippen LogP) is 5.56. The number of hydrogen-bond acceptors (Lipinski definition) is 5. The van der Waals surface area contributed by atoms with Gasteiger partial charge in [0.2, 0.25) is 0 Å². The number of thioether (sulfide) groups is 1. The standard InChI is InChI=1S/C23H28BrNO3S/c1-5-29-11-10-28-22(27)19-14(2)25-17-12-23(3,4)13-18(26)21(17)20(19)15-8-6-7-9-16(15)24/h6-9,19-20H,5,10-13H2,1-4H3/t19?,20-/m0/s1. The SMILES string of the molecule is CCSCCOC(=O)C1C(C)=NC2=C(C(=O)CC(C)(C)C2)[C@H]1c1ccccc1Br. The van der Waals surface area contributed by atoms with Crippen LogP contribution in [0.1, 0.15) is 52.0 Å². The van der Waals surface area contributed by atoms with Crippen molar-refractivity contribution in [1.82, 2.24) is 0 Å². The van der Waals surface area contributed by atoms with E-state index in [0.29, 0.717) is 18.6 Å². The zero-order chi connectivity index (χ0) is 21.2. The molecule has 6 heteroatoms. The van der Waals surface area contributed by atoms with Crippen LogP contribution in [0.15, 0.2) is 45.0 Å². The lowest BCUT2D eigenvalue weighted by atomic mass is 9.67. The Morgan fingerprint density at radius 1 is 1.31 bits per heavy atom. The van der Waals surface area contributed by atoms with Gasteiger partial charge in [-0.15, -0.1) is 0 Å². The van der Waals surface area contributed by atoms with Crippen molar-refractivity contribution in [2.45, 2.75) is 46.5 Å². The minimum absolute atomic E-state index is 0.0904. The van der Waals surface area contributed by atoms with Crippen LogP contribution in [0, 0.1) is 11.3 Å². The molecule has 0 saturated heterocycles. The average Bonchev–Trinajstić information content (AvgIpc) is 2.63. The van der Waals surface area contributed by atoms with Gasteiger partial charge in [-0.05, 0) is 36.1 Å². The first-order chi connectivity index (χ1) is 13.7. The number of esters is 1. The Hall–Kier alpha value is -1.40. The molecular weight excluding hydrogens is 450 g/mol. The zero-order valence-electron chi connectivity index (χ0n) is 17.5. The van der Waals surface area contributed by atoms with E-state index in [1.165, 1.54) is 0 Å². The molecule has 2 atom stereocenters. The molecule has 1 aliphatic carbocycles. The summed E-state index contributed by atoms with van der Waals surface area (Å²) in [6, 6.07) is 7.82. The maximum atomic E-state index is 13.2. The summed E-state index contributed by atoms with van der Waals surface area (Å²) in [4.78, 5) is 31.1. The minimum atomic E-state index is -0.579. The summed E-state index contributed by atoms with van der Waals surface area (Å²) in [7, 11) is 0. The molecule has 2 aliphatic rings. The van der Waals surface area contributed by atoms with Crippen LogP contribution in [0.2, 0.25) is 0 Å². The summed E-state index contributed by atoms with van der Waals surface area (Å²) in [5, 5.41) is 0. The molecule has 0 spiro atoms. The maximum Gasteiger partial charge on any atom is 0.315 e. The predicted molar refractivity (Wildman–Crippen MR) is 122 cm³/mol. The number of Topliss-reactive ketones (excluding diaryl/α,β-unsaturated/α-hetero) is 1. The average molecular weight is 478 g/mol. The lowest BCUT2D eigenvalue weighted by Gasteiger charge is -2.39. The number of ether oxygens (including phenoxy) is 1. The van der Waals surface area contributed by atoms with Crippen LogP contribution in [-0.4, -0.2) is 35.6 Å². The summed E-state index contributed by atoms with van der Waals surface area (Å²) < 4.78 is 6.50. The largest absolute Gasteiger partial charge is 0.464 e. The molecule has 0 radical (unpaired) electrons. The van der Waals surface area contributed by atoms with Crippen LogP contribution in [-0.2, 0) is 14.3 Å². The van der Waals surface area contributed by atoms with Crippen molar-refractivity contribution in [3.05, 3.63) is 45.6 Å². The van der Waals surface area contributed by atoms with E-state index in [1.54, 1.807) is 11.8 Å². The van der Waals surface area contributed by atoms with Crippen molar-refractivity contribution in [2.75, 3.05) is 18.1 Å². The smallest absolute Gasteiger partial charge is 0.315 e. The molecule has 1 heterocycles. The van der Waals surface area contributed by atoms with Crippen LogP contribution in [0.25, 0.3) is 0 Å². The summed E-state index contributed by atoms with van der Waals surface area (Å²) in [6.45, 7) is 8.53. The second kappa shape index (κ2) is 9.17. The molecule has 0 bridgehead atoms. The number of aliphatic imine (C=N–C) groups is 1. The Kier molecular flexibility index (Phi) is 7.05. The molecule has 1 aliphatic heterocycles. The Balaban J connectivity index is 2.04. The van der Waals surface area contributed by atoms with E-state index in [0.717, 1.165) is 39.4 Å². The molecule has 0 fully saturated rings. The quantitative estimate of drug-likeness (QED) is 0.397. The molecule has 1 unspecified atom stereocenters. The molecule has 0 saturated carbocycles. The van der Waals surface area contributed by atoms with E-state index in [2.05, 4.69) is 36.7 Å². The second-order valence-corrected chi connectivity index (χ2v) is 10.6. The van der Waals surface area contributed by atoms with Crippen molar-refractivity contribution >= 4 is 45.2 Å². The number of hydrogen-bond donors (Lipinski definition) is 0. The number of allylic oxidation sites excluding steroid dienone is 2. The molecular formula is C23H28BrNO3S. The van der Waals surface area contributed by atoms with Crippen LogP contribution in [0.4, 0.5) is 0 Å². The first-order valence-electron chi connectivity index (χ1n) is 10.1. The van der Waals surface area contributed by atoms with Crippen molar-refractivity contribution < 1.29 is 14.3 Å². The number of rotatable bonds is 6. The molecule has 1 aromatic carbocycles. The first-order valence-corrected chi connectivity index (χ1v) is 12.0. The van der Waals surface area contributed by atoms with Gasteiger partial charge in [0.05, 0.1) is 0 Å². The van der Waals surface area contributed by atoms with E-state index in [-0.39, 0.29) is 23.1 Å². The Labute approximate surface area is 185 Å². The highest BCUT2D eigenvalue weighted by molar-refractivity contribution is 9.10. The highest BCUT2D eigenvalue weighted by atomic mass is 79.9. The van der Waals surface area contributed by atoms with Gasteiger partial charge in [-0.2, -0.15) is 11.8 Å². The van der Waals surface area contributed by atoms with Crippen LogP contribution in [0.5, 0.6) is 0 Å². The van der Waals surface area contributed by atoms with E-state index in [4.69, 9.17) is 9.73 Å². The number of benzene rings is 1. The molecule has 29 heavy (non-hydrogen) atoms. The minimum Gasteiger partial charge on any atom is -0.464 e. The van der Waals surface area contributed by atoms with E-state index >= 15 is 0 Å². The maximum absolute atomic E-state index is 13.2. The molecule has 0 N–H and O–H groups in total. The third-order valence-corrected chi connectivity index (χ3v) is 7.06. The Morgan fingerprint density at radius 2 is 2.03 bits per heavy atom. The number of carbonyl (C=O) groups is 2. The first kappa shape index (κ1) is 22.3. The van der Waals surface area contributed by atoms with Crippen LogP contribution < -0.4 is 0 Å². The molecule has 3 rings (SSSR count). The van der Waals surface area contributed by atoms with Crippen molar-refractivity contribution in [3.8, 4) is 0 Å². The zero-order valence-corrected chi connectivity index (χ0v) is 19.9. The van der Waals surface area contributed by atoms with Gasteiger partial charge in [0, 0.05) is 39.5 Å². The van der Waals surface area contributed by atoms with E-state index in [9.17, 15) is 9.59 Å². The van der Waals surface area contributed by atoms with Gasteiger partial charge in [-0.3, -0.25) is 14.6 Å². The fraction of sp³-hybridized carbons (Fsp3) is 0.522. The molecule has 0 amide bonds. The normalized spacial score (nSPS) is 23.5.